The van der Waals surface area contributed by atoms with Gasteiger partial charge < -0.3 is 11.1 Å². The van der Waals surface area contributed by atoms with Crippen molar-refractivity contribution in [3.8, 4) is 0 Å². The van der Waals surface area contributed by atoms with Crippen LogP contribution < -0.4 is 11.1 Å². The molecule has 0 aliphatic rings. The Labute approximate surface area is 109 Å². The Hall–Kier alpha value is -1.06. The number of amides is 1. The van der Waals surface area contributed by atoms with Gasteiger partial charge in [-0.05, 0) is 18.9 Å². The summed E-state index contributed by atoms with van der Waals surface area (Å²) in [6.07, 6.45) is 1.67. The number of nitrogens with one attached hydrogen (secondary N) is 1. The van der Waals surface area contributed by atoms with Crippen molar-refractivity contribution in [2.45, 2.75) is 39.3 Å². The monoisotopic (exact) mass is 256 g/mol. The van der Waals surface area contributed by atoms with Crippen LogP contribution in [0.2, 0.25) is 0 Å². The number of rotatable bonds is 5. The molecule has 0 saturated heterocycles. The predicted molar refractivity (Wildman–Crippen MR) is 73.2 cm³/mol. The van der Waals surface area contributed by atoms with Gasteiger partial charge in [-0.15, -0.1) is 12.4 Å². The summed E-state index contributed by atoms with van der Waals surface area (Å²) in [6, 6.07) is 7.72. The molecule has 96 valence electrons. The fourth-order valence-electron chi connectivity index (χ4n) is 1.47. The quantitative estimate of drug-likeness (QED) is 0.848. The van der Waals surface area contributed by atoms with Gasteiger partial charge in [0, 0.05) is 6.54 Å². The summed E-state index contributed by atoms with van der Waals surface area (Å²) in [6.45, 7) is 4.61. The van der Waals surface area contributed by atoms with Crippen LogP contribution in [0.25, 0.3) is 0 Å². The lowest BCUT2D eigenvalue weighted by atomic mass is 10.1. The number of halogens is 1. The summed E-state index contributed by atoms with van der Waals surface area (Å²) < 4.78 is 0. The van der Waals surface area contributed by atoms with Crippen molar-refractivity contribution in [3.63, 3.8) is 0 Å². The molecule has 0 bridgehead atoms. The average Bonchev–Trinajstić information content (AvgIpc) is 2.28. The Morgan fingerprint density at radius 2 is 1.94 bits per heavy atom. The summed E-state index contributed by atoms with van der Waals surface area (Å²) in [4.78, 5) is 11.5. The lowest BCUT2D eigenvalue weighted by Gasteiger charge is -2.11. The topological polar surface area (TPSA) is 55.1 Å². The molecule has 0 aromatic heterocycles. The van der Waals surface area contributed by atoms with E-state index in [0.717, 1.165) is 18.4 Å². The molecule has 0 fully saturated rings. The van der Waals surface area contributed by atoms with Gasteiger partial charge >= 0.3 is 0 Å². The molecular weight excluding hydrogens is 236 g/mol. The van der Waals surface area contributed by atoms with Crippen LogP contribution in [-0.4, -0.2) is 11.9 Å². The lowest BCUT2D eigenvalue weighted by molar-refractivity contribution is -0.122. The van der Waals surface area contributed by atoms with Gasteiger partial charge in [0.2, 0.25) is 5.91 Å². The number of hydrogen-bond donors (Lipinski definition) is 2. The van der Waals surface area contributed by atoms with Crippen molar-refractivity contribution >= 4 is 18.3 Å². The molecule has 0 saturated carbocycles. The van der Waals surface area contributed by atoms with Gasteiger partial charge in [-0.3, -0.25) is 4.79 Å². The Morgan fingerprint density at radius 1 is 1.35 bits per heavy atom. The summed E-state index contributed by atoms with van der Waals surface area (Å²) in [5, 5.41) is 2.84. The molecule has 0 heterocycles. The lowest BCUT2D eigenvalue weighted by Crippen LogP contribution is -2.40. The van der Waals surface area contributed by atoms with Gasteiger partial charge in [0.15, 0.2) is 0 Å². The summed E-state index contributed by atoms with van der Waals surface area (Å²) in [7, 11) is 0. The zero-order valence-corrected chi connectivity index (χ0v) is 11.2. The number of nitrogens with two attached hydrogens (primary N) is 1. The molecule has 1 amide bonds. The van der Waals surface area contributed by atoms with Crippen LogP contribution in [0.4, 0.5) is 0 Å². The van der Waals surface area contributed by atoms with E-state index >= 15 is 0 Å². The van der Waals surface area contributed by atoms with Crippen LogP contribution >= 0.6 is 12.4 Å². The molecule has 4 heteroatoms. The van der Waals surface area contributed by atoms with E-state index in [0.29, 0.717) is 6.54 Å². The minimum Gasteiger partial charge on any atom is -0.351 e. The van der Waals surface area contributed by atoms with E-state index in [9.17, 15) is 4.79 Å². The highest BCUT2D eigenvalue weighted by molar-refractivity contribution is 5.85. The molecule has 3 N–H and O–H groups in total. The first kappa shape index (κ1) is 15.9. The molecule has 1 aromatic rings. The van der Waals surface area contributed by atoms with Crippen molar-refractivity contribution < 1.29 is 4.79 Å². The molecule has 0 spiro atoms. The number of benzene rings is 1. The van der Waals surface area contributed by atoms with Crippen LogP contribution in [-0.2, 0) is 11.3 Å². The van der Waals surface area contributed by atoms with E-state index < -0.39 is 0 Å². The van der Waals surface area contributed by atoms with Gasteiger partial charge in [-0.2, -0.15) is 0 Å². The van der Waals surface area contributed by atoms with Crippen LogP contribution in [0.5, 0.6) is 0 Å². The number of aryl methyl sites for hydroxylation is 1. The zero-order chi connectivity index (χ0) is 12.0. The molecule has 3 nitrogen and oxygen atoms in total. The van der Waals surface area contributed by atoms with Crippen LogP contribution in [0.15, 0.2) is 24.3 Å². The molecule has 1 atom stereocenters. The maximum Gasteiger partial charge on any atom is 0.237 e. The Morgan fingerprint density at radius 3 is 2.47 bits per heavy atom. The van der Waals surface area contributed by atoms with Gasteiger partial charge in [-0.1, -0.05) is 43.2 Å². The van der Waals surface area contributed by atoms with Gasteiger partial charge in [0.25, 0.3) is 0 Å². The van der Waals surface area contributed by atoms with Crippen molar-refractivity contribution in [1.29, 1.82) is 0 Å². The van der Waals surface area contributed by atoms with Crippen LogP contribution in [0.3, 0.4) is 0 Å². The second kappa shape index (κ2) is 8.09. The first-order valence-electron chi connectivity index (χ1n) is 5.72. The Bertz CT molecular complexity index is 338. The molecule has 0 aliphatic heterocycles. The average molecular weight is 257 g/mol. The SMILES string of the molecule is CCCC(N)C(=O)NCc1ccc(C)cc1.Cl. The van der Waals surface area contributed by atoms with E-state index in [4.69, 9.17) is 5.73 Å². The normalized spacial score (nSPS) is 11.5. The summed E-state index contributed by atoms with van der Waals surface area (Å²) >= 11 is 0. The van der Waals surface area contributed by atoms with Crippen molar-refractivity contribution in [2.75, 3.05) is 0 Å². The van der Waals surface area contributed by atoms with Crippen molar-refractivity contribution in [1.82, 2.24) is 5.32 Å². The standard InChI is InChI=1S/C13H20N2O.ClH/c1-3-4-12(14)13(16)15-9-11-7-5-10(2)6-8-11;/h5-8,12H,3-4,9,14H2,1-2H3,(H,15,16);1H. The Balaban J connectivity index is 0.00000256. The summed E-state index contributed by atoms with van der Waals surface area (Å²) in [5.74, 6) is -0.0672. The maximum atomic E-state index is 11.5. The minimum absolute atomic E-state index is 0. The molecule has 1 unspecified atom stereocenters. The van der Waals surface area contributed by atoms with Crippen LogP contribution in [0, 0.1) is 6.92 Å². The molecule has 0 radical (unpaired) electrons. The Kier molecular flexibility index (Phi) is 7.59. The maximum absolute atomic E-state index is 11.5. The number of carbonyl (C=O) groups excluding carboxylic acids is 1. The molecule has 0 aliphatic carbocycles. The van der Waals surface area contributed by atoms with E-state index in [2.05, 4.69) is 5.32 Å². The zero-order valence-electron chi connectivity index (χ0n) is 10.4. The van der Waals surface area contributed by atoms with Gasteiger partial charge in [-0.25, -0.2) is 0 Å². The third-order valence-electron chi connectivity index (χ3n) is 2.52. The first-order valence-corrected chi connectivity index (χ1v) is 5.72. The van der Waals surface area contributed by atoms with E-state index in [1.165, 1.54) is 5.56 Å². The number of hydrogen-bond acceptors (Lipinski definition) is 2. The van der Waals surface area contributed by atoms with Crippen molar-refractivity contribution in [3.05, 3.63) is 35.4 Å². The van der Waals surface area contributed by atoms with Gasteiger partial charge in [0.05, 0.1) is 6.04 Å². The van der Waals surface area contributed by atoms with E-state index in [1.54, 1.807) is 0 Å². The highest BCUT2D eigenvalue weighted by Gasteiger charge is 2.10. The fraction of sp³-hybridized carbons (Fsp3) is 0.462. The smallest absolute Gasteiger partial charge is 0.237 e. The van der Waals surface area contributed by atoms with Gasteiger partial charge in [0.1, 0.15) is 0 Å². The predicted octanol–water partition coefficient (Wildman–Crippen LogP) is 2.16. The van der Waals surface area contributed by atoms with E-state index in [-0.39, 0.29) is 24.4 Å². The third kappa shape index (κ3) is 5.71. The fourth-order valence-corrected chi connectivity index (χ4v) is 1.47. The molecular formula is C13H21ClN2O. The highest BCUT2D eigenvalue weighted by Crippen LogP contribution is 2.02. The molecule has 1 rings (SSSR count). The molecule has 17 heavy (non-hydrogen) atoms. The molecule has 1 aromatic carbocycles. The number of carbonyl (C=O) groups is 1. The summed E-state index contributed by atoms with van der Waals surface area (Å²) in [5.41, 5.74) is 8.02. The minimum atomic E-state index is -0.379. The largest absolute Gasteiger partial charge is 0.351 e. The second-order valence-corrected chi connectivity index (χ2v) is 4.10. The van der Waals surface area contributed by atoms with Crippen molar-refractivity contribution in [2.24, 2.45) is 5.73 Å². The van der Waals surface area contributed by atoms with Crippen LogP contribution in [0.1, 0.15) is 30.9 Å². The van der Waals surface area contributed by atoms with E-state index in [1.807, 2.05) is 38.1 Å². The second-order valence-electron chi connectivity index (χ2n) is 4.10. The first-order chi connectivity index (χ1) is 7.63. The highest BCUT2D eigenvalue weighted by atomic mass is 35.5. The third-order valence-corrected chi connectivity index (χ3v) is 2.52.